The van der Waals surface area contributed by atoms with E-state index in [-0.39, 0.29) is 12.6 Å². The van der Waals surface area contributed by atoms with Crippen molar-refractivity contribution >= 4 is 0 Å². The SMILES string of the molecule is COc1ccc([C@H](C#N)N[C@@H](CO)c2ccccc2)cc1. The zero-order chi connectivity index (χ0) is 15.1. The Labute approximate surface area is 124 Å². The molecule has 0 amide bonds. The summed E-state index contributed by atoms with van der Waals surface area (Å²) in [6, 6.07) is 18.4. The zero-order valence-electron chi connectivity index (χ0n) is 11.9. The van der Waals surface area contributed by atoms with Crippen LogP contribution in [0.15, 0.2) is 54.6 Å². The van der Waals surface area contributed by atoms with Crippen LogP contribution in [0.2, 0.25) is 0 Å². The Kier molecular flexibility index (Phi) is 5.33. The van der Waals surface area contributed by atoms with Gasteiger partial charge in [0.05, 0.1) is 25.8 Å². The molecule has 0 unspecified atom stereocenters. The summed E-state index contributed by atoms with van der Waals surface area (Å²) in [6.45, 7) is -0.0711. The molecule has 0 saturated heterocycles. The second kappa shape index (κ2) is 7.44. The van der Waals surface area contributed by atoms with E-state index in [9.17, 15) is 10.4 Å². The number of methoxy groups -OCH3 is 1. The van der Waals surface area contributed by atoms with Gasteiger partial charge in [-0.05, 0) is 23.3 Å². The lowest BCUT2D eigenvalue weighted by Gasteiger charge is -2.21. The number of hydrogen-bond donors (Lipinski definition) is 2. The molecule has 0 radical (unpaired) electrons. The lowest BCUT2D eigenvalue weighted by molar-refractivity contribution is 0.239. The summed E-state index contributed by atoms with van der Waals surface area (Å²) in [5.74, 6) is 0.747. The van der Waals surface area contributed by atoms with Crippen molar-refractivity contribution in [1.82, 2.24) is 5.32 Å². The van der Waals surface area contributed by atoms with Crippen molar-refractivity contribution in [3.8, 4) is 11.8 Å². The van der Waals surface area contributed by atoms with Crippen LogP contribution in [-0.4, -0.2) is 18.8 Å². The van der Waals surface area contributed by atoms with Gasteiger partial charge in [-0.3, -0.25) is 5.32 Å². The Hall–Kier alpha value is -2.35. The number of aliphatic hydroxyl groups excluding tert-OH is 1. The van der Waals surface area contributed by atoms with Gasteiger partial charge < -0.3 is 9.84 Å². The van der Waals surface area contributed by atoms with Gasteiger partial charge in [0.2, 0.25) is 0 Å². The number of nitrogens with one attached hydrogen (secondary N) is 1. The fourth-order valence-electron chi connectivity index (χ4n) is 2.15. The van der Waals surface area contributed by atoms with Gasteiger partial charge in [-0.2, -0.15) is 5.26 Å². The molecule has 4 nitrogen and oxygen atoms in total. The minimum absolute atomic E-state index is 0.0711. The largest absolute Gasteiger partial charge is 0.497 e. The summed E-state index contributed by atoms with van der Waals surface area (Å²) in [7, 11) is 1.60. The Morgan fingerprint density at radius 1 is 1.10 bits per heavy atom. The standard InChI is InChI=1S/C17H18N2O2/c1-21-15-9-7-14(8-10-15)16(11-18)19-17(12-20)13-5-3-2-4-6-13/h2-10,16-17,19-20H,12H2,1H3/t16-,17-/m0/s1. The van der Waals surface area contributed by atoms with E-state index >= 15 is 0 Å². The van der Waals surface area contributed by atoms with Crippen molar-refractivity contribution in [3.05, 3.63) is 65.7 Å². The van der Waals surface area contributed by atoms with Crippen LogP contribution in [0.5, 0.6) is 5.75 Å². The summed E-state index contributed by atoms with van der Waals surface area (Å²) < 4.78 is 5.11. The topological polar surface area (TPSA) is 65.3 Å². The fourth-order valence-corrected chi connectivity index (χ4v) is 2.15. The van der Waals surface area contributed by atoms with E-state index in [4.69, 9.17) is 4.74 Å². The van der Waals surface area contributed by atoms with Crippen molar-refractivity contribution in [3.63, 3.8) is 0 Å². The van der Waals surface area contributed by atoms with Gasteiger partial charge in [-0.1, -0.05) is 42.5 Å². The molecule has 4 heteroatoms. The highest BCUT2D eigenvalue weighted by Crippen LogP contribution is 2.21. The average molecular weight is 282 g/mol. The van der Waals surface area contributed by atoms with E-state index in [1.165, 1.54) is 0 Å². The van der Waals surface area contributed by atoms with E-state index < -0.39 is 6.04 Å². The molecule has 0 aromatic heterocycles. The first kappa shape index (κ1) is 15.0. The first-order valence-electron chi connectivity index (χ1n) is 6.74. The molecule has 2 rings (SSSR count). The maximum absolute atomic E-state index is 9.56. The van der Waals surface area contributed by atoms with Gasteiger partial charge in [-0.25, -0.2) is 0 Å². The number of nitriles is 1. The van der Waals surface area contributed by atoms with Gasteiger partial charge in [0.15, 0.2) is 0 Å². The summed E-state index contributed by atoms with van der Waals surface area (Å²) in [5.41, 5.74) is 1.79. The molecule has 0 aliphatic rings. The minimum atomic E-state index is -0.492. The van der Waals surface area contributed by atoms with Gasteiger partial charge in [0.1, 0.15) is 11.8 Å². The van der Waals surface area contributed by atoms with Crippen LogP contribution in [-0.2, 0) is 0 Å². The van der Waals surface area contributed by atoms with Crippen LogP contribution in [0.4, 0.5) is 0 Å². The van der Waals surface area contributed by atoms with E-state index in [1.807, 2.05) is 54.6 Å². The molecular formula is C17H18N2O2. The quantitative estimate of drug-likeness (QED) is 0.854. The summed E-state index contributed by atoms with van der Waals surface area (Å²) in [5, 5.41) is 22.1. The van der Waals surface area contributed by atoms with Gasteiger partial charge in [0, 0.05) is 0 Å². The summed E-state index contributed by atoms with van der Waals surface area (Å²) in [4.78, 5) is 0. The van der Waals surface area contributed by atoms with Crippen molar-refractivity contribution in [1.29, 1.82) is 5.26 Å². The molecular weight excluding hydrogens is 264 g/mol. The minimum Gasteiger partial charge on any atom is -0.497 e. The number of aliphatic hydroxyl groups is 1. The zero-order valence-corrected chi connectivity index (χ0v) is 11.9. The molecule has 0 heterocycles. The predicted octanol–water partition coefficient (Wildman–Crippen LogP) is 2.58. The van der Waals surface area contributed by atoms with E-state index in [0.717, 1.165) is 16.9 Å². The number of hydrogen-bond acceptors (Lipinski definition) is 4. The molecule has 0 bridgehead atoms. The second-order valence-electron chi connectivity index (χ2n) is 4.65. The normalized spacial score (nSPS) is 13.2. The predicted molar refractivity (Wildman–Crippen MR) is 80.8 cm³/mol. The molecule has 2 N–H and O–H groups in total. The molecule has 108 valence electrons. The highest BCUT2D eigenvalue weighted by Gasteiger charge is 2.17. The highest BCUT2D eigenvalue weighted by molar-refractivity contribution is 5.32. The van der Waals surface area contributed by atoms with E-state index in [0.29, 0.717) is 0 Å². The van der Waals surface area contributed by atoms with Crippen molar-refractivity contribution in [2.75, 3.05) is 13.7 Å². The van der Waals surface area contributed by atoms with E-state index in [1.54, 1.807) is 7.11 Å². The maximum Gasteiger partial charge on any atom is 0.121 e. The van der Waals surface area contributed by atoms with Crippen LogP contribution < -0.4 is 10.1 Å². The Balaban J connectivity index is 2.15. The second-order valence-corrected chi connectivity index (χ2v) is 4.65. The third-order valence-corrected chi connectivity index (χ3v) is 3.33. The first-order chi connectivity index (χ1) is 10.3. The van der Waals surface area contributed by atoms with Crippen molar-refractivity contribution < 1.29 is 9.84 Å². The molecule has 21 heavy (non-hydrogen) atoms. The van der Waals surface area contributed by atoms with Crippen LogP contribution >= 0.6 is 0 Å². The van der Waals surface area contributed by atoms with E-state index in [2.05, 4.69) is 11.4 Å². The monoisotopic (exact) mass is 282 g/mol. The molecule has 2 aromatic rings. The van der Waals surface area contributed by atoms with Gasteiger partial charge in [0.25, 0.3) is 0 Å². The molecule has 2 atom stereocenters. The van der Waals surface area contributed by atoms with Crippen LogP contribution in [0.25, 0.3) is 0 Å². The Morgan fingerprint density at radius 2 is 1.76 bits per heavy atom. The number of nitrogens with zero attached hydrogens (tertiary/aromatic N) is 1. The third kappa shape index (κ3) is 3.82. The molecule has 0 aliphatic heterocycles. The lowest BCUT2D eigenvalue weighted by atomic mass is 10.0. The van der Waals surface area contributed by atoms with Gasteiger partial charge >= 0.3 is 0 Å². The lowest BCUT2D eigenvalue weighted by Crippen LogP contribution is -2.28. The number of rotatable bonds is 6. The Morgan fingerprint density at radius 3 is 2.29 bits per heavy atom. The smallest absolute Gasteiger partial charge is 0.121 e. The van der Waals surface area contributed by atoms with Crippen molar-refractivity contribution in [2.24, 2.45) is 0 Å². The van der Waals surface area contributed by atoms with Gasteiger partial charge in [-0.15, -0.1) is 0 Å². The summed E-state index contributed by atoms with van der Waals surface area (Å²) >= 11 is 0. The van der Waals surface area contributed by atoms with Crippen LogP contribution in [0.3, 0.4) is 0 Å². The van der Waals surface area contributed by atoms with Crippen LogP contribution in [0.1, 0.15) is 23.2 Å². The van der Waals surface area contributed by atoms with Crippen LogP contribution in [0, 0.1) is 11.3 Å². The molecule has 0 fully saturated rings. The molecule has 0 aliphatic carbocycles. The average Bonchev–Trinajstić information content (AvgIpc) is 2.57. The number of ether oxygens (including phenoxy) is 1. The molecule has 0 saturated carbocycles. The molecule has 2 aromatic carbocycles. The van der Waals surface area contributed by atoms with Crippen molar-refractivity contribution in [2.45, 2.75) is 12.1 Å². The third-order valence-electron chi connectivity index (χ3n) is 3.33. The fraction of sp³-hybridized carbons (Fsp3) is 0.235. The maximum atomic E-state index is 9.56. The highest BCUT2D eigenvalue weighted by atomic mass is 16.5. The summed E-state index contributed by atoms with van der Waals surface area (Å²) in [6.07, 6.45) is 0. The molecule has 0 spiro atoms. The first-order valence-corrected chi connectivity index (χ1v) is 6.74. The Bertz CT molecular complexity index is 590. The number of benzene rings is 2.